The molecule has 0 aliphatic rings. The Morgan fingerprint density at radius 2 is 1.33 bits per heavy atom. The van der Waals surface area contributed by atoms with E-state index in [1.54, 1.807) is 12.5 Å². The maximum absolute atomic E-state index is 10.5. The summed E-state index contributed by atoms with van der Waals surface area (Å²) in [6.45, 7) is 8.46. The molecule has 2 heterocycles. The summed E-state index contributed by atoms with van der Waals surface area (Å²) < 4.78 is 21.6. The van der Waals surface area contributed by atoms with Gasteiger partial charge in [0, 0.05) is 19.1 Å². The van der Waals surface area contributed by atoms with Gasteiger partial charge >= 0.3 is 0 Å². The highest BCUT2D eigenvalue weighted by Gasteiger charge is 2.21. The SMILES string of the molecule is CC(C)CC[C@H](C)N(C[C@@H](O)COCc1ccco1)C[C@@H](O)COCc1ccco1. The number of aliphatic hydroxyl groups is 2. The van der Waals surface area contributed by atoms with Gasteiger partial charge in [0.15, 0.2) is 0 Å². The Morgan fingerprint density at radius 3 is 1.73 bits per heavy atom. The molecule has 3 atom stereocenters. The maximum atomic E-state index is 10.5. The van der Waals surface area contributed by atoms with E-state index >= 15 is 0 Å². The average molecular weight is 424 g/mol. The Balaban J connectivity index is 1.78. The van der Waals surface area contributed by atoms with Crippen molar-refractivity contribution in [3.63, 3.8) is 0 Å². The Hall–Kier alpha value is -1.64. The fraction of sp³-hybridized carbons (Fsp3) is 0.652. The van der Waals surface area contributed by atoms with E-state index in [2.05, 4.69) is 25.7 Å². The monoisotopic (exact) mass is 423 g/mol. The third kappa shape index (κ3) is 9.91. The number of rotatable bonds is 16. The third-order valence-corrected chi connectivity index (χ3v) is 4.94. The summed E-state index contributed by atoms with van der Waals surface area (Å²) in [5, 5.41) is 20.9. The van der Waals surface area contributed by atoms with Crippen LogP contribution in [0, 0.1) is 5.92 Å². The molecule has 2 aromatic heterocycles. The largest absolute Gasteiger partial charge is 0.467 e. The molecule has 0 saturated heterocycles. The summed E-state index contributed by atoms with van der Waals surface area (Å²) >= 11 is 0. The lowest BCUT2D eigenvalue weighted by atomic mass is 10.0. The lowest BCUT2D eigenvalue weighted by Gasteiger charge is -2.33. The fourth-order valence-corrected chi connectivity index (χ4v) is 3.22. The van der Waals surface area contributed by atoms with Crippen molar-refractivity contribution in [3.8, 4) is 0 Å². The van der Waals surface area contributed by atoms with E-state index in [1.807, 2.05) is 24.3 Å². The molecule has 0 saturated carbocycles. The van der Waals surface area contributed by atoms with E-state index in [0.29, 0.717) is 32.2 Å². The molecule has 30 heavy (non-hydrogen) atoms. The molecule has 0 amide bonds. The van der Waals surface area contributed by atoms with Gasteiger partial charge in [-0.3, -0.25) is 4.90 Å². The van der Waals surface area contributed by atoms with Gasteiger partial charge in [-0.2, -0.15) is 0 Å². The first-order valence-corrected chi connectivity index (χ1v) is 10.7. The predicted octanol–water partition coefficient (Wildman–Crippen LogP) is 3.45. The summed E-state index contributed by atoms with van der Waals surface area (Å²) in [4.78, 5) is 2.12. The molecule has 0 fully saturated rings. The minimum Gasteiger partial charge on any atom is -0.467 e. The molecule has 7 nitrogen and oxygen atoms in total. The van der Waals surface area contributed by atoms with Gasteiger partial charge in [0.2, 0.25) is 0 Å². The van der Waals surface area contributed by atoms with Crippen LogP contribution in [0.2, 0.25) is 0 Å². The first kappa shape index (κ1) is 24.6. The Bertz CT molecular complexity index is 594. The lowest BCUT2D eigenvalue weighted by molar-refractivity contribution is -0.0287. The summed E-state index contributed by atoms with van der Waals surface area (Å²) in [7, 11) is 0. The molecule has 0 spiro atoms. The molecule has 0 aliphatic carbocycles. The summed E-state index contributed by atoms with van der Waals surface area (Å²) in [6, 6.07) is 7.52. The average Bonchev–Trinajstić information content (AvgIpc) is 3.39. The predicted molar refractivity (Wildman–Crippen MR) is 114 cm³/mol. The molecule has 2 aromatic rings. The van der Waals surface area contributed by atoms with Gasteiger partial charge in [-0.05, 0) is 49.9 Å². The van der Waals surface area contributed by atoms with Crippen LogP contribution in [-0.4, -0.2) is 59.7 Å². The van der Waals surface area contributed by atoms with Crippen molar-refractivity contribution in [2.75, 3.05) is 26.3 Å². The summed E-state index contributed by atoms with van der Waals surface area (Å²) in [6.07, 6.45) is 3.98. The van der Waals surface area contributed by atoms with E-state index in [9.17, 15) is 10.2 Å². The smallest absolute Gasteiger partial charge is 0.129 e. The molecule has 0 bridgehead atoms. The second-order valence-corrected chi connectivity index (χ2v) is 8.27. The van der Waals surface area contributed by atoms with Gasteiger partial charge in [0.05, 0.1) is 37.9 Å². The third-order valence-electron chi connectivity index (χ3n) is 4.94. The zero-order valence-corrected chi connectivity index (χ0v) is 18.4. The highest BCUT2D eigenvalue weighted by atomic mass is 16.5. The Kier molecular flexibility index (Phi) is 11.2. The van der Waals surface area contributed by atoms with Gasteiger partial charge in [-0.25, -0.2) is 0 Å². The van der Waals surface area contributed by atoms with Gasteiger partial charge in [-0.1, -0.05) is 13.8 Å². The molecule has 170 valence electrons. The van der Waals surface area contributed by atoms with Gasteiger partial charge in [0.25, 0.3) is 0 Å². The molecular formula is C23H37NO6. The quantitative estimate of drug-likeness (QED) is 0.427. The van der Waals surface area contributed by atoms with Crippen LogP contribution in [0.1, 0.15) is 45.1 Å². The van der Waals surface area contributed by atoms with E-state index in [4.69, 9.17) is 18.3 Å². The number of furan rings is 2. The van der Waals surface area contributed by atoms with Crippen LogP contribution >= 0.6 is 0 Å². The van der Waals surface area contributed by atoms with E-state index in [1.165, 1.54) is 0 Å². The number of aliphatic hydroxyl groups excluding tert-OH is 2. The minimum absolute atomic E-state index is 0.208. The van der Waals surface area contributed by atoms with Crippen molar-refractivity contribution in [2.24, 2.45) is 5.92 Å². The molecule has 0 aromatic carbocycles. The first-order valence-electron chi connectivity index (χ1n) is 10.7. The number of nitrogens with zero attached hydrogens (tertiary/aromatic N) is 1. The van der Waals surface area contributed by atoms with Crippen molar-refractivity contribution < 1.29 is 28.5 Å². The molecule has 0 radical (unpaired) electrons. The van der Waals surface area contributed by atoms with Crippen LogP contribution in [0.15, 0.2) is 45.6 Å². The van der Waals surface area contributed by atoms with Crippen LogP contribution < -0.4 is 0 Å². The molecule has 0 unspecified atom stereocenters. The van der Waals surface area contributed by atoms with Gasteiger partial charge in [0.1, 0.15) is 24.7 Å². The number of ether oxygens (including phenoxy) is 2. The standard InChI is InChI=1S/C23H37NO6/c1-18(2)8-9-19(3)24(12-20(25)14-27-16-22-6-4-10-29-22)13-21(26)15-28-17-23-7-5-11-30-23/h4-7,10-11,18-21,25-26H,8-9,12-17H2,1-3H3/t19-,20+,21+/m0/s1. The van der Waals surface area contributed by atoms with Crippen molar-refractivity contribution in [1.29, 1.82) is 0 Å². The number of hydrogen-bond donors (Lipinski definition) is 2. The van der Waals surface area contributed by atoms with Gasteiger partial charge < -0.3 is 28.5 Å². The van der Waals surface area contributed by atoms with Crippen molar-refractivity contribution in [2.45, 2.75) is 65.1 Å². The zero-order chi connectivity index (χ0) is 21.8. The normalized spacial score (nSPS) is 15.0. The van der Waals surface area contributed by atoms with E-state index < -0.39 is 12.2 Å². The Labute approximate surface area is 179 Å². The highest BCUT2D eigenvalue weighted by Crippen LogP contribution is 2.14. The maximum Gasteiger partial charge on any atom is 0.129 e. The lowest BCUT2D eigenvalue weighted by Crippen LogP contribution is -2.45. The number of hydrogen-bond acceptors (Lipinski definition) is 7. The van der Waals surface area contributed by atoms with Crippen molar-refractivity contribution >= 4 is 0 Å². The summed E-state index contributed by atoms with van der Waals surface area (Å²) in [5.41, 5.74) is 0. The molecule has 2 rings (SSSR count). The molecule has 7 heteroatoms. The van der Waals surface area contributed by atoms with Crippen LogP contribution in [0.5, 0.6) is 0 Å². The minimum atomic E-state index is -0.655. The van der Waals surface area contributed by atoms with Crippen molar-refractivity contribution in [3.05, 3.63) is 48.3 Å². The molecular weight excluding hydrogens is 386 g/mol. The van der Waals surface area contributed by atoms with Crippen molar-refractivity contribution in [1.82, 2.24) is 4.90 Å². The van der Waals surface area contributed by atoms with Gasteiger partial charge in [-0.15, -0.1) is 0 Å². The fourth-order valence-electron chi connectivity index (χ4n) is 3.22. The van der Waals surface area contributed by atoms with E-state index in [-0.39, 0.29) is 19.3 Å². The highest BCUT2D eigenvalue weighted by molar-refractivity contribution is 4.96. The van der Waals surface area contributed by atoms with Crippen LogP contribution in [0.4, 0.5) is 0 Å². The second kappa shape index (κ2) is 13.6. The zero-order valence-electron chi connectivity index (χ0n) is 18.4. The van der Waals surface area contributed by atoms with E-state index in [0.717, 1.165) is 24.4 Å². The van der Waals surface area contributed by atoms with Crippen LogP contribution in [0.25, 0.3) is 0 Å². The topological polar surface area (TPSA) is 88.4 Å². The second-order valence-electron chi connectivity index (χ2n) is 8.27. The molecule has 2 N–H and O–H groups in total. The van der Waals surface area contributed by atoms with Crippen LogP contribution in [0.3, 0.4) is 0 Å². The molecule has 0 aliphatic heterocycles. The summed E-state index contributed by atoms with van der Waals surface area (Å²) in [5.74, 6) is 2.07. The first-order chi connectivity index (χ1) is 14.4. The van der Waals surface area contributed by atoms with Crippen LogP contribution in [-0.2, 0) is 22.7 Å². The Morgan fingerprint density at radius 1 is 0.833 bits per heavy atom.